The van der Waals surface area contributed by atoms with E-state index < -0.39 is 11.6 Å². The highest BCUT2D eigenvalue weighted by atomic mass is 79.9. The molecule has 44 heavy (non-hydrogen) atoms. The Morgan fingerprint density at radius 3 is 2.52 bits per heavy atom. The van der Waals surface area contributed by atoms with Gasteiger partial charge in [-0.3, -0.25) is 4.79 Å². The zero-order chi connectivity index (χ0) is 29.9. The number of hydrogen-bond acceptors (Lipinski definition) is 8. The number of carbonyl (C=O) groups excluding carboxylic acids is 2. The first-order valence-electron chi connectivity index (χ1n) is 15.7. The summed E-state index contributed by atoms with van der Waals surface area (Å²) in [7, 11) is 0. The molecule has 0 radical (unpaired) electrons. The van der Waals surface area contributed by atoms with Crippen LogP contribution >= 0.6 is 17.0 Å². The number of likely N-dealkylation sites (tertiary alicyclic amines) is 2. The fourth-order valence-corrected chi connectivity index (χ4v) is 7.47. The molecule has 0 unspecified atom stereocenters. The lowest BCUT2D eigenvalue weighted by atomic mass is 9.86. The number of carbonyl (C=O) groups is 2. The van der Waals surface area contributed by atoms with Crippen molar-refractivity contribution in [3.05, 3.63) is 56.9 Å². The van der Waals surface area contributed by atoms with Gasteiger partial charge in [-0.2, -0.15) is 0 Å². The summed E-state index contributed by atoms with van der Waals surface area (Å²) in [6, 6.07) is 7.77. The Morgan fingerprint density at radius 2 is 1.82 bits per heavy atom. The predicted molar refractivity (Wildman–Crippen MR) is 170 cm³/mol. The van der Waals surface area contributed by atoms with Crippen LogP contribution in [-0.4, -0.2) is 68.7 Å². The van der Waals surface area contributed by atoms with Gasteiger partial charge in [-0.15, -0.1) is 17.0 Å². The Kier molecular flexibility index (Phi) is 8.32. The van der Waals surface area contributed by atoms with E-state index in [2.05, 4.69) is 11.8 Å². The Balaban J connectivity index is 0.00000343. The number of halogens is 1. The van der Waals surface area contributed by atoms with E-state index in [9.17, 15) is 19.5 Å². The number of rotatable bonds is 4. The van der Waals surface area contributed by atoms with Gasteiger partial charge in [0, 0.05) is 35.6 Å². The molecule has 11 heteroatoms. The second-order valence-electron chi connectivity index (χ2n) is 12.2. The van der Waals surface area contributed by atoms with Crippen LogP contribution in [0.15, 0.2) is 29.1 Å². The summed E-state index contributed by atoms with van der Waals surface area (Å²) in [6.45, 7) is 7.65. The van der Waals surface area contributed by atoms with Gasteiger partial charge in [-0.1, -0.05) is 20.3 Å². The third kappa shape index (κ3) is 4.93. The molecule has 2 fully saturated rings. The van der Waals surface area contributed by atoms with Gasteiger partial charge in [0.1, 0.15) is 12.4 Å². The maximum atomic E-state index is 13.6. The number of aryl methyl sites for hydroxylation is 1. The van der Waals surface area contributed by atoms with Gasteiger partial charge in [-0.25, -0.2) is 14.6 Å². The van der Waals surface area contributed by atoms with Gasteiger partial charge < -0.3 is 28.9 Å². The zero-order valence-corrected chi connectivity index (χ0v) is 27.0. The summed E-state index contributed by atoms with van der Waals surface area (Å²) in [5, 5.41) is 12.0. The van der Waals surface area contributed by atoms with Crippen LogP contribution in [0.1, 0.15) is 74.6 Å². The van der Waals surface area contributed by atoms with E-state index >= 15 is 0 Å². The number of esters is 1. The summed E-state index contributed by atoms with van der Waals surface area (Å²) in [5.74, 6) is -0.266. The second kappa shape index (κ2) is 11.9. The van der Waals surface area contributed by atoms with Crippen molar-refractivity contribution in [1.82, 2.24) is 19.4 Å². The molecule has 1 aromatic carbocycles. The maximum absolute atomic E-state index is 13.6. The fraction of sp³-hybridized carbons (Fsp3) is 0.515. The van der Waals surface area contributed by atoms with Gasteiger partial charge in [0.2, 0.25) is 0 Å². The zero-order valence-electron chi connectivity index (χ0n) is 25.3. The molecule has 6 heterocycles. The van der Waals surface area contributed by atoms with Crippen LogP contribution in [0.25, 0.3) is 22.3 Å². The number of aromatic nitrogens is 2. The smallest absolute Gasteiger partial charge is 0.415 e. The molecule has 0 aliphatic carbocycles. The van der Waals surface area contributed by atoms with Gasteiger partial charge in [0.15, 0.2) is 5.60 Å². The molecule has 0 saturated carbocycles. The second-order valence-corrected chi connectivity index (χ2v) is 12.2. The number of amides is 1. The van der Waals surface area contributed by atoms with Crippen LogP contribution in [0.2, 0.25) is 0 Å². The Bertz CT molecular complexity index is 1690. The number of ether oxygens (including phenoxy) is 2. The Labute approximate surface area is 266 Å². The number of benzene rings is 1. The molecule has 4 aliphatic rings. The SMILES string of the molecule is Br.CCc1c2c(nc3ccc(OC(=O)N4CCC(N5CCCCC5)CC4)cc13)-c1cc3c(c(=O)n1C2)COC(=O)[C@]3(O)CC. The van der Waals surface area contributed by atoms with Crippen LogP contribution in [0.4, 0.5) is 4.79 Å². The van der Waals surface area contributed by atoms with Crippen LogP contribution in [0, 0.1) is 0 Å². The molecule has 2 aromatic heterocycles. The molecule has 3 aromatic rings. The summed E-state index contributed by atoms with van der Waals surface area (Å²) >= 11 is 0. The number of hydrogen-bond donors (Lipinski definition) is 1. The number of pyridine rings is 2. The summed E-state index contributed by atoms with van der Waals surface area (Å²) in [5.41, 5.74) is 2.38. The van der Waals surface area contributed by atoms with Crippen molar-refractivity contribution in [1.29, 1.82) is 0 Å². The lowest BCUT2D eigenvalue weighted by Gasteiger charge is -2.39. The third-order valence-corrected chi connectivity index (χ3v) is 9.97. The molecular weight excluding hydrogens is 628 g/mol. The molecule has 1 N–H and O–H groups in total. The van der Waals surface area contributed by atoms with Crippen LogP contribution < -0.4 is 10.3 Å². The highest BCUT2D eigenvalue weighted by molar-refractivity contribution is 8.93. The van der Waals surface area contributed by atoms with Crippen molar-refractivity contribution in [2.24, 2.45) is 0 Å². The van der Waals surface area contributed by atoms with Gasteiger partial charge >= 0.3 is 12.1 Å². The van der Waals surface area contributed by atoms with Crippen molar-refractivity contribution < 1.29 is 24.2 Å². The predicted octanol–water partition coefficient (Wildman–Crippen LogP) is 4.67. The van der Waals surface area contributed by atoms with E-state index in [4.69, 9.17) is 14.5 Å². The van der Waals surface area contributed by atoms with Gasteiger partial charge in [0.25, 0.3) is 5.56 Å². The molecule has 0 spiro atoms. The first kappa shape index (κ1) is 30.7. The van der Waals surface area contributed by atoms with E-state index in [0.717, 1.165) is 34.9 Å². The number of cyclic esters (lactones) is 1. The summed E-state index contributed by atoms with van der Waals surface area (Å²) in [4.78, 5) is 48.5. The molecule has 234 valence electrons. The van der Waals surface area contributed by atoms with E-state index in [1.54, 1.807) is 23.6 Å². The molecular formula is C33H39BrN4O6. The van der Waals surface area contributed by atoms with E-state index in [0.29, 0.717) is 60.4 Å². The average molecular weight is 668 g/mol. The summed E-state index contributed by atoms with van der Waals surface area (Å²) < 4.78 is 12.7. The minimum Gasteiger partial charge on any atom is -0.458 e. The molecule has 1 amide bonds. The molecule has 4 aliphatic heterocycles. The van der Waals surface area contributed by atoms with E-state index in [1.807, 2.05) is 17.0 Å². The highest BCUT2D eigenvalue weighted by Gasteiger charge is 2.45. The lowest BCUT2D eigenvalue weighted by Crippen LogP contribution is -2.48. The Hall–Kier alpha value is -3.28. The minimum absolute atomic E-state index is 0. The quantitative estimate of drug-likeness (QED) is 0.313. The highest BCUT2D eigenvalue weighted by Crippen LogP contribution is 2.40. The number of nitrogens with zero attached hydrogens (tertiary/aromatic N) is 4. The molecule has 0 bridgehead atoms. The fourth-order valence-electron chi connectivity index (χ4n) is 7.47. The topological polar surface area (TPSA) is 114 Å². The standard InChI is InChI=1S/C33H38N4O6.BrH/c1-3-22-23-16-21(43-32(40)36-14-10-20(11-15-36)35-12-6-5-7-13-35)8-9-27(23)34-29-24(22)18-37-28(29)17-26-25(30(37)38)19-42-31(39)33(26,41)4-2;/h8-9,16-17,20,41H,3-7,10-15,18-19H2,1-2H3;1H/t33-;/m0./s1. The third-order valence-electron chi connectivity index (χ3n) is 9.97. The average Bonchev–Trinajstić information content (AvgIpc) is 3.41. The number of piperidine rings is 2. The normalized spacial score (nSPS) is 21.7. The van der Waals surface area contributed by atoms with Crippen molar-refractivity contribution in [3.63, 3.8) is 0 Å². The first-order valence-corrected chi connectivity index (χ1v) is 15.7. The van der Waals surface area contributed by atoms with Gasteiger partial charge in [-0.05, 0) is 81.4 Å². The van der Waals surface area contributed by atoms with Crippen LogP contribution in [-0.2, 0) is 34.7 Å². The monoisotopic (exact) mass is 666 g/mol. The van der Waals surface area contributed by atoms with E-state index in [1.165, 1.54) is 32.4 Å². The summed E-state index contributed by atoms with van der Waals surface area (Å²) in [6.07, 6.45) is 6.26. The van der Waals surface area contributed by atoms with Crippen LogP contribution in [0.3, 0.4) is 0 Å². The van der Waals surface area contributed by atoms with Crippen LogP contribution in [0.5, 0.6) is 5.75 Å². The van der Waals surface area contributed by atoms with E-state index in [-0.39, 0.29) is 41.7 Å². The molecule has 2 saturated heterocycles. The first-order chi connectivity index (χ1) is 20.8. The minimum atomic E-state index is -1.86. The largest absolute Gasteiger partial charge is 0.458 e. The molecule has 10 nitrogen and oxygen atoms in total. The lowest BCUT2D eigenvalue weighted by molar-refractivity contribution is -0.172. The maximum Gasteiger partial charge on any atom is 0.415 e. The van der Waals surface area contributed by atoms with Gasteiger partial charge in [0.05, 0.1) is 29.0 Å². The van der Waals surface area contributed by atoms with Crippen molar-refractivity contribution in [2.45, 2.75) is 83.6 Å². The number of fused-ring (bicyclic) bond motifs is 5. The van der Waals surface area contributed by atoms with Crippen molar-refractivity contribution in [2.75, 3.05) is 26.2 Å². The Morgan fingerprint density at radius 1 is 1.07 bits per heavy atom. The van der Waals surface area contributed by atoms with Crippen molar-refractivity contribution >= 4 is 39.9 Å². The molecule has 7 rings (SSSR count). The number of aliphatic hydroxyl groups is 1. The molecule has 1 atom stereocenters. The van der Waals surface area contributed by atoms with Crippen molar-refractivity contribution in [3.8, 4) is 17.1 Å².